The summed E-state index contributed by atoms with van der Waals surface area (Å²) in [5.74, 6) is 0. The zero-order chi connectivity index (χ0) is 8.32. The molecule has 60 valence electrons. The molecule has 0 aromatic rings. The topological polar surface area (TPSA) is 38.3 Å². The number of ether oxygens (including phenoxy) is 1. The third kappa shape index (κ3) is 1.61. The normalized spacial score (nSPS) is 29.1. The second-order valence-electron chi connectivity index (χ2n) is 2.11. The highest BCUT2D eigenvalue weighted by Gasteiger charge is 2.27. The summed E-state index contributed by atoms with van der Waals surface area (Å²) in [4.78, 5) is 10.5. The van der Waals surface area contributed by atoms with E-state index in [0.717, 1.165) is 0 Å². The van der Waals surface area contributed by atoms with Gasteiger partial charge in [0.25, 0.3) is 0 Å². The van der Waals surface area contributed by atoms with Crippen molar-refractivity contribution in [2.75, 3.05) is 7.11 Å². The molecule has 0 saturated heterocycles. The van der Waals surface area contributed by atoms with Crippen molar-refractivity contribution in [2.45, 2.75) is 5.72 Å². The first kappa shape index (κ1) is 8.30. The van der Waals surface area contributed by atoms with E-state index in [9.17, 15) is 4.79 Å². The Morgan fingerprint density at radius 1 is 1.82 bits per heavy atom. The van der Waals surface area contributed by atoms with E-state index in [1.807, 2.05) is 0 Å². The van der Waals surface area contributed by atoms with Crippen molar-refractivity contribution in [1.29, 1.82) is 0 Å². The van der Waals surface area contributed by atoms with Gasteiger partial charge in [0.15, 0.2) is 6.29 Å². The molecule has 1 aliphatic rings. The molecular weight excluding hydrogens is 166 g/mol. The lowest BCUT2D eigenvalue weighted by Gasteiger charge is -2.26. The molecule has 0 bridgehead atoms. The van der Waals surface area contributed by atoms with Crippen molar-refractivity contribution in [3.63, 3.8) is 0 Å². The molecule has 3 nitrogen and oxygen atoms in total. The van der Waals surface area contributed by atoms with E-state index in [-0.39, 0.29) is 0 Å². The largest absolute Gasteiger partial charge is 0.349 e. The number of carbonyl (C=O) groups excluding carboxylic acids is 1. The van der Waals surface area contributed by atoms with Gasteiger partial charge in [-0.1, -0.05) is 17.7 Å². The van der Waals surface area contributed by atoms with Crippen LogP contribution in [0.15, 0.2) is 23.4 Å². The number of methoxy groups -OCH3 is 1. The minimum absolute atomic E-state index is 0.390. The predicted octanol–water partition coefficient (Wildman–Crippen LogP) is 0.768. The Kier molecular flexibility index (Phi) is 2.31. The minimum atomic E-state index is -1.08. The number of rotatable bonds is 2. The standard InChI is InChI=1S/C7H8ClNO2/c1-11-7(5-10)4-2-3-6(8)9-7/h2-5,9H,1H3. The van der Waals surface area contributed by atoms with Crippen molar-refractivity contribution in [3.05, 3.63) is 23.4 Å². The van der Waals surface area contributed by atoms with E-state index < -0.39 is 5.72 Å². The average Bonchev–Trinajstić information content (AvgIpc) is 2.04. The lowest BCUT2D eigenvalue weighted by Crippen LogP contribution is -2.46. The lowest BCUT2D eigenvalue weighted by atomic mass is 10.2. The van der Waals surface area contributed by atoms with Crippen LogP contribution >= 0.6 is 11.6 Å². The molecule has 1 N–H and O–H groups in total. The third-order valence-corrected chi connectivity index (χ3v) is 1.63. The Morgan fingerprint density at radius 3 is 2.91 bits per heavy atom. The zero-order valence-electron chi connectivity index (χ0n) is 6.00. The van der Waals surface area contributed by atoms with Crippen LogP contribution in [-0.2, 0) is 9.53 Å². The summed E-state index contributed by atoms with van der Waals surface area (Å²) in [6.07, 6.45) is 5.55. The average molecular weight is 174 g/mol. The minimum Gasteiger partial charge on any atom is -0.349 e. The molecule has 1 atom stereocenters. The van der Waals surface area contributed by atoms with E-state index in [4.69, 9.17) is 16.3 Å². The van der Waals surface area contributed by atoms with Gasteiger partial charge in [-0.05, 0) is 12.2 Å². The highest BCUT2D eigenvalue weighted by atomic mass is 35.5. The first-order valence-corrected chi connectivity index (χ1v) is 3.45. The number of nitrogens with one attached hydrogen (secondary N) is 1. The molecule has 1 rings (SSSR count). The van der Waals surface area contributed by atoms with E-state index in [0.29, 0.717) is 11.4 Å². The molecule has 0 aliphatic carbocycles. The van der Waals surface area contributed by atoms with Gasteiger partial charge in [0.05, 0.1) is 0 Å². The first-order valence-electron chi connectivity index (χ1n) is 3.07. The quantitative estimate of drug-likeness (QED) is 0.495. The van der Waals surface area contributed by atoms with Crippen LogP contribution in [0, 0.1) is 0 Å². The van der Waals surface area contributed by atoms with E-state index >= 15 is 0 Å². The lowest BCUT2D eigenvalue weighted by molar-refractivity contribution is -0.124. The van der Waals surface area contributed by atoms with Crippen LogP contribution in [0.3, 0.4) is 0 Å². The van der Waals surface area contributed by atoms with Crippen LogP contribution in [-0.4, -0.2) is 19.1 Å². The molecule has 0 aromatic heterocycles. The van der Waals surface area contributed by atoms with Crippen molar-refractivity contribution in [1.82, 2.24) is 5.32 Å². The summed E-state index contributed by atoms with van der Waals surface area (Å²) in [7, 11) is 1.43. The fourth-order valence-corrected chi connectivity index (χ4v) is 1.00. The van der Waals surface area contributed by atoms with Crippen molar-refractivity contribution >= 4 is 17.9 Å². The summed E-state index contributed by atoms with van der Waals surface area (Å²) in [5.41, 5.74) is -1.08. The number of carbonyl (C=O) groups is 1. The Morgan fingerprint density at radius 2 is 2.55 bits per heavy atom. The predicted molar refractivity (Wildman–Crippen MR) is 42.0 cm³/mol. The summed E-state index contributed by atoms with van der Waals surface area (Å²) in [6, 6.07) is 0. The molecule has 0 fully saturated rings. The summed E-state index contributed by atoms with van der Waals surface area (Å²) in [5, 5.41) is 3.07. The maximum Gasteiger partial charge on any atom is 0.215 e. The van der Waals surface area contributed by atoms with Crippen LogP contribution in [0.5, 0.6) is 0 Å². The number of hydrogen-bond acceptors (Lipinski definition) is 3. The van der Waals surface area contributed by atoms with E-state index in [1.165, 1.54) is 7.11 Å². The molecule has 0 amide bonds. The molecule has 1 heterocycles. The van der Waals surface area contributed by atoms with Gasteiger partial charge in [-0.3, -0.25) is 4.79 Å². The first-order chi connectivity index (χ1) is 5.22. The van der Waals surface area contributed by atoms with Gasteiger partial charge in [0.1, 0.15) is 5.16 Å². The van der Waals surface area contributed by atoms with Gasteiger partial charge >= 0.3 is 0 Å². The SMILES string of the molecule is COC1(C=O)C=CC=C(Cl)N1. The molecule has 11 heavy (non-hydrogen) atoms. The molecule has 0 aromatic carbocycles. The van der Waals surface area contributed by atoms with Crippen molar-refractivity contribution in [3.8, 4) is 0 Å². The third-order valence-electron chi connectivity index (χ3n) is 1.41. The second-order valence-corrected chi connectivity index (χ2v) is 2.52. The fraction of sp³-hybridized carbons (Fsp3) is 0.286. The van der Waals surface area contributed by atoms with Gasteiger partial charge in [-0.25, -0.2) is 0 Å². The molecule has 0 spiro atoms. The van der Waals surface area contributed by atoms with Crippen LogP contribution in [0.2, 0.25) is 0 Å². The Balaban J connectivity index is 2.83. The maximum absolute atomic E-state index is 10.5. The summed E-state index contributed by atoms with van der Waals surface area (Å²) < 4.78 is 4.91. The smallest absolute Gasteiger partial charge is 0.215 e. The number of aldehydes is 1. The molecule has 1 aliphatic heterocycles. The van der Waals surface area contributed by atoms with Crippen LogP contribution in [0.1, 0.15) is 0 Å². The van der Waals surface area contributed by atoms with Gasteiger partial charge in [-0.15, -0.1) is 0 Å². The fourth-order valence-electron chi connectivity index (χ4n) is 0.781. The monoisotopic (exact) mass is 173 g/mol. The molecule has 0 radical (unpaired) electrons. The summed E-state index contributed by atoms with van der Waals surface area (Å²) in [6.45, 7) is 0. The second kappa shape index (κ2) is 3.07. The number of dihydropyridines is 1. The molecular formula is C7H8ClNO2. The number of allylic oxidation sites excluding steroid dienone is 2. The molecule has 4 heteroatoms. The van der Waals surface area contributed by atoms with E-state index in [1.54, 1.807) is 18.2 Å². The molecule has 1 unspecified atom stereocenters. The highest BCUT2D eigenvalue weighted by molar-refractivity contribution is 6.29. The van der Waals surface area contributed by atoms with Crippen LogP contribution in [0.25, 0.3) is 0 Å². The van der Waals surface area contributed by atoms with Gasteiger partial charge < -0.3 is 10.1 Å². The summed E-state index contributed by atoms with van der Waals surface area (Å²) >= 11 is 5.62. The van der Waals surface area contributed by atoms with Gasteiger partial charge in [-0.2, -0.15) is 0 Å². The van der Waals surface area contributed by atoms with E-state index in [2.05, 4.69) is 5.32 Å². The van der Waals surface area contributed by atoms with Crippen molar-refractivity contribution < 1.29 is 9.53 Å². The van der Waals surface area contributed by atoms with Gasteiger partial charge in [0, 0.05) is 7.11 Å². The Hall–Kier alpha value is -0.800. The number of halogens is 1. The van der Waals surface area contributed by atoms with Gasteiger partial charge in [0.2, 0.25) is 5.72 Å². The number of hydrogen-bond donors (Lipinski definition) is 1. The van der Waals surface area contributed by atoms with Crippen molar-refractivity contribution in [2.24, 2.45) is 0 Å². The van der Waals surface area contributed by atoms with Crippen LogP contribution < -0.4 is 5.32 Å². The molecule has 0 saturated carbocycles. The maximum atomic E-state index is 10.5. The highest BCUT2D eigenvalue weighted by Crippen LogP contribution is 2.14. The Bertz CT molecular complexity index is 224. The Labute approximate surface area is 69.7 Å². The zero-order valence-corrected chi connectivity index (χ0v) is 6.76. The van der Waals surface area contributed by atoms with Crippen LogP contribution in [0.4, 0.5) is 0 Å².